The summed E-state index contributed by atoms with van der Waals surface area (Å²) >= 11 is 0. The molecule has 1 aromatic carbocycles. The number of hydrogen-bond acceptors (Lipinski definition) is 2. The standard InChI is InChI=1S/C17H23F3N2O/c1-12-5-3-7-15(13(12)2)16(23)21-9-14-6-4-8-22(10-14)11-17(18,19)20/h3,5,7,14H,4,6,8-11H2,1-2H3,(H,21,23)/t14-/m0/s1. The maximum atomic E-state index is 12.5. The van der Waals surface area contributed by atoms with Crippen molar-refractivity contribution in [3.05, 3.63) is 34.9 Å². The van der Waals surface area contributed by atoms with E-state index >= 15 is 0 Å². The quantitative estimate of drug-likeness (QED) is 0.920. The van der Waals surface area contributed by atoms with E-state index in [9.17, 15) is 18.0 Å². The van der Waals surface area contributed by atoms with Gasteiger partial charge in [0.15, 0.2) is 0 Å². The van der Waals surface area contributed by atoms with E-state index in [0.717, 1.165) is 24.0 Å². The van der Waals surface area contributed by atoms with Crippen LogP contribution >= 0.6 is 0 Å². The van der Waals surface area contributed by atoms with Crippen molar-refractivity contribution in [3.8, 4) is 0 Å². The van der Waals surface area contributed by atoms with Crippen LogP contribution in [0.3, 0.4) is 0 Å². The van der Waals surface area contributed by atoms with Crippen LogP contribution in [0.4, 0.5) is 13.2 Å². The molecule has 6 heteroatoms. The second-order valence-electron chi connectivity index (χ2n) is 6.32. The highest BCUT2D eigenvalue weighted by atomic mass is 19.4. The maximum absolute atomic E-state index is 12.5. The number of carbonyl (C=O) groups is 1. The van der Waals surface area contributed by atoms with Gasteiger partial charge in [-0.15, -0.1) is 0 Å². The number of likely N-dealkylation sites (tertiary alicyclic amines) is 1. The van der Waals surface area contributed by atoms with E-state index in [2.05, 4.69) is 5.32 Å². The van der Waals surface area contributed by atoms with E-state index in [1.807, 2.05) is 26.0 Å². The summed E-state index contributed by atoms with van der Waals surface area (Å²) in [5, 5.41) is 2.87. The molecule has 1 aliphatic rings. The van der Waals surface area contributed by atoms with Crippen molar-refractivity contribution in [3.63, 3.8) is 0 Å². The van der Waals surface area contributed by atoms with Crippen LogP contribution in [0, 0.1) is 19.8 Å². The van der Waals surface area contributed by atoms with Gasteiger partial charge in [-0.1, -0.05) is 12.1 Å². The van der Waals surface area contributed by atoms with Crippen LogP contribution < -0.4 is 5.32 Å². The smallest absolute Gasteiger partial charge is 0.352 e. The molecule has 128 valence electrons. The summed E-state index contributed by atoms with van der Waals surface area (Å²) in [6.07, 6.45) is -2.58. The van der Waals surface area contributed by atoms with E-state index < -0.39 is 12.7 Å². The number of carbonyl (C=O) groups excluding carboxylic acids is 1. The molecule has 1 N–H and O–H groups in total. The van der Waals surface area contributed by atoms with Gasteiger partial charge in [-0.25, -0.2) is 0 Å². The summed E-state index contributed by atoms with van der Waals surface area (Å²) in [4.78, 5) is 13.7. The lowest BCUT2D eigenvalue weighted by Crippen LogP contribution is -2.44. The van der Waals surface area contributed by atoms with E-state index in [0.29, 0.717) is 25.2 Å². The normalized spacial score (nSPS) is 19.6. The van der Waals surface area contributed by atoms with Crippen LogP contribution in [0.15, 0.2) is 18.2 Å². The number of nitrogens with zero attached hydrogens (tertiary/aromatic N) is 1. The fraction of sp³-hybridized carbons (Fsp3) is 0.588. The molecule has 0 bridgehead atoms. The van der Waals surface area contributed by atoms with Gasteiger partial charge in [-0.05, 0) is 56.3 Å². The Bertz CT molecular complexity index is 557. The molecular formula is C17H23F3N2O. The van der Waals surface area contributed by atoms with Gasteiger partial charge in [0.05, 0.1) is 6.54 Å². The Labute approximate surface area is 134 Å². The number of amides is 1. The summed E-state index contributed by atoms with van der Waals surface area (Å²) in [7, 11) is 0. The molecule has 0 aromatic heterocycles. The molecule has 0 unspecified atom stereocenters. The van der Waals surface area contributed by atoms with Crippen molar-refractivity contribution in [1.29, 1.82) is 0 Å². The average Bonchev–Trinajstić information content (AvgIpc) is 2.46. The number of rotatable bonds is 4. The molecule has 3 nitrogen and oxygen atoms in total. The average molecular weight is 328 g/mol. The number of nitrogens with one attached hydrogen (secondary N) is 1. The maximum Gasteiger partial charge on any atom is 0.401 e. The Hall–Kier alpha value is -1.56. The molecule has 0 saturated carbocycles. The first kappa shape index (κ1) is 17.8. The third kappa shape index (κ3) is 5.23. The predicted octanol–water partition coefficient (Wildman–Crippen LogP) is 3.31. The molecule has 1 heterocycles. The minimum atomic E-state index is -4.16. The van der Waals surface area contributed by atoms with Gasteiger partial charge in [-0.2, -0.15) is 13.2 Å². The van der Waals surface area contributed by atoms with Crippen molar-refractivity contribution >= 4 is 5.91 Å². The molecule has 2 rings (SSSR count). The van der Waals surface area contributed by atoms with E-state index in [1.54, 1.807) is 6.07 Å². The summed E-state index contributed by atoms with van der Waals surface area (Å²) in [6.45, 7) is 4.25. The van der Waals surface area contributed by atoms with Crippen molar-refractivity contribution in [2.45, 2.75) is 32.9 Å². The Morgan fingerprint density at radius 1 is 1.35 bits per heavy atom. The van der Waals surface area contributed by atoms with Gasteiger partial charge in [0, 0.05) is 18.7 Å². The highest BCUT2D eigenvalue weighted by molar-refractivity contribution is 5.95. The number of alkyl halides is 3. The van der Waals surface area contributed by atoms with Gasteiger partial charge >= 0.3 is 6.18 Å². The Morgan fingerprint density at radius 2 is 2.09 bits per heavy atom. The largest absolute Gasteiger partial charge is 0.401 e. The molecular weight excluding hydrogens is 305 g/mol. The summed E-state index contributed by atoms with van der Waals surface area (Å²) in [5.41, 5.74) is 2.62. The zero-order chi connectivity index (χ0) is 17.0. The molecule has 1 atom stereocenters. The molecule has 1 aliphatic heterocycles. The van der Waals surface area contributed by atoms with Gasteiger partial charge in [0.2, 0.25) is 0 Å². The zero-order valence-corrected chi connectivity index (χ0v) is 13.5. The van der Waals surface area contributed by atoms with E-state index in [1.165, 1.54) is 4.90 Å². The molecule has 23 heavy (non-hydrogen) atoms. The van der Waals surface area contributed by atoms with E-state index in [4.69, 9.17) is 0 Å². The van der Waals surface area contributed by atoms with Crippen LogP contribution in [-0.4, -0.2) is 43.2 Å². The highest BCUT2D eigenvalue weighted by Gasteiger charge is 2.33. The van der Waals surface area contributed by atoms with Crippen molar-refractivity contribution in [2.24, 2.45) is 5.92 Å². The first-order valence-corrected chi connectivity index (χ1v) is 7.90. The third-order valence-electron chi connectivity index (χ3n) is 4.41. The lowest BCUT2D eigenvalue weighted by Gasteiger charge is -2.33. The molecule has 0 aliphatic carbocycles. The second-order valence-corrected chi connectivity index (χ2v) is 6.32. The fourth-order valence-corrected chi connectivity index (χ4v) is 3.04. The zero-order valence-electron chi connectivity index (χ0n) is 13.5. The minimum absolute atomic E-state index is 0.0696. The highest BCUT2D eigenvalue weighted by Crippen LogP contribution is 2.22. The second kappa shape index (κ2) is 7.34. The minimum Gasteiger partial charge on any atom is -0.352 e. The van der Waals surface area contributed by atoms with Gasteiger partial charge < -0.3 is 5.32 Å². The molecule has 0 radical (unpaired) electrons. The Balaban J connectivity index is 1.88. The van der Waals surface area contributed by atoms with Gasteiger partial charge in [0.1, 0.15) is 0 Å². The van der Waals surface area contributed by atoms with Gasteiger partial charge in [0.25, 0.3) is 5.91 Å². The summed E-state index contributed by atoms with van der Waals surface area (Å²) in [6, 6.07) is 5.56. The number of halogens is 3. The molecule has 1 saturated heterocycles. The lowest BCUT2D eigenvalue weighted by molar-refractivity contribution is -0.149. The Morgan fingerprint density at radius 3 is 2.78 bits per heavy atom. The van der Waals surface area contributed by atoms with Crippen LogP contribution in [0.25, 0.3) is 0 Å². The molecule has 1 amide bonds. The number of piperidine rings is 1. The first-order chi connectivity index (χ1) is 10.8. The monoisotopic (exact) mass is 328 g/mol. The number of aryl methyl sites for hydroxylation is 1. The number of benzene rings is 1. The van der Waals surface area contributed by atoms with Crippen LogP contribution in [0.5, 0.6) is 0 Å². The van der Waals surface area contributed by atoms with Crippen molar-refractivity contribution < 1.29 is 18.0 Å². The van der Waals surface area contributed by atoms with Crippen LogP contribution in [-0.2, 0) is 0 Å². The number of hydrogen-bond donors (Lipinski definition) is 1. The van der Waals surface area contributed by atoms with Crippen molar-refractivity contribution in [2.75, 3.05) is 26.2 Å². The van der Waals surface area contributed by atoms with Crippen molar-refractivity contribution in [1.82, 2.24) is 10.2 Å². The summed E-state index contributed by atoms with van der Waals surface area (Å²) < 4.78 is 37.4. The van der Waals surface area contributed by atoms with Crippen LogP contribution in [0.1, 0.15) is 34.3 Å². The van der Waals surface area contributed by atoms with Crippen LogP contribution in [0.2, 0.25) is 0 Å². The lowest BCUT2D eigenvalue weighted by atomic mass is 9.97. The first-order valence-electron chi connectivity index (χ1n) is 7.90. The van der Waals surface area contributed by atoms with E-state index in [-0.39, 0.29) is 11.8 Å². The fourth-order valence-electron chi connectivity index (χ4n) is 3.04. The summed E-state index contributed by atoms with van der Waals surface area (Å²) in [5.74, 6) is -0.0840. The molecule has 0 spiro atoms. The molecule has 1 fully saturated rings. The molecule has 1 aromatic rings. The van der Waals surface area contributed by atoms with Gasteiger partial charge in [-0.3, -0.25) is 9.69 Å². The third-order valence-corrected chi connectivity index (χ3v) is 4.41. The topological polar surface area (TPSA) is 32.3 Å². The Kier molecular flexibility index (Phi) is 5.68. The SMILES string of the molecule is Cc1cccc(C(=O)NC[C@@H]2CCCN(CC(F)(F)F)C2)c1C. The predicted molar refractivity (Wildman–Crippen MR) is 83.5 cm³/mol.